The van der Waals surface area contributed by atoms with Crippen molar-refractivity contribution >= 4 is 5.91 Å². The van der Waals surface area contributed by atoms with Crippen molar-refractivity contribution in [3.63, 3.8) is 0 Å². The summed E-state index contributed by atoms with van der Waals surface area (Å²) in [4.78, 5) is 15.7. The molecule has 0 radical (unpaired) electrons. The Kier molecular flexibility index (Phi) is 4.29. The van der Waals surface area contributed by atoms with Gasteiger partial charge in [0.15, 0.2) is 0 Å². The molecule has 2 rings (SSSR count). The molecule has 0 atom stereocenters. The SMILES string of the molecule is CCCCc1cc(C(N)=O)nc(-c2ccccc2)c1. The zero-order valence-electron chi connectivity index (χ0n) is 11.1. The smallest absolute Gasteiger partial charge is 0.267 e. The van der Waals surface area contributed by atoms with Crippen LogP contribution in [0.2, 0.25) is 0 Å². The number of nitrogens with two attached hydrogens (primary N) is 1. The van der Waals surface area contributed by atoms with Crippen molar-refractivity contribution in [1.82, 2.24) is 4.98 Å². The number of nitrogens with zero attached hydrogens (tertiary/aromatic N) is 1. The maximum absolute atomic E-state index is 11.4. The van der Waals surface area contributed by atoms with Crippen LogP contribution in [0.1, 0.15) is 35.8 Å². The van der Waals surface area contributed by atoms with Gasteiger partial charge >= 0.3 is 0 Å². The van der Waals surface area contributed by atoms with Gasteiger partial charge < -0.3 is 5.73 Å². The Labute approximate surface area is 113 Å². The first-order chi connectivity index (χ1) is 9.20. The van der Waals surface area contributed by atoms with Crippen LogP contribution in [0.15, 0.2) is 42.5 Å². The van der Waals surface area contributed by atoms with Crippen LogP contribution in [-0.4, -0.2) is 10.9 Å². The van der Waals surface area contributed by atoms with Gasteiger partial charge in [0.1, 0.15) is 5.69 Å². The fourth-order valence-corrected chi connectivity index (χ4v) is 2.00. The van der Waals surface area contributed by atoms with Gasteiger partial charge in [-0.2, -0.15) is 0 Å². The molecule has 1 heterocycles. The molecule has 0 fully saturated rings. The van der Waals surface area contributed by atoms with Crippen molar-refractivity contribution in [2.75, 3.05) is 0 Å². The molecule has 2 N–H and O–H groups in total. The van der Waals surface area contributed by atoms with Gasteiger partial charge in [-0.3, -0.25) is 4.79 Å². The Morgan fingerprint density at radius 1 is 1.21 bits per heavy atom. The Balaban J connectivity index is 2.42. The zero-order valence-corrected chi connectivity index (χ0v) is 11.1. The first-order valence-corrected chi connectivity index (χ1v) is 6.57. The number of unbranched alkanes of at least 4 members (excludes halogenated alkanes) is 1. The number of pyridine rings is 1. The Morgan fingerprint density at radius 2 is 1.95 bits per heavy atom. The van der Waals surface area contributed by atoms with E-state index in [0.717, 1.165) is 36.1 Å². The molecule has 1 aromatic heterocycles. The molecule has 3 heteroatoms. The van der Waals surface area contributed by atoms with Gasteiger partial charge in [-0.1, -0.05) is 43.7 Å². The standard InChI is InChI=1S/C16H18N2O/c1-2-3-7-12-10-14(13-8-5-4-6-9-13)18-15(11-12)16(17)19/h4-6,8-11H,2-3,7H2,1H3,(H2,17,19). The van der Waals surface area contributed by atoms with E-state index in [9.17, 15) is 4.79 Å². The molecule has 2 aromatic rings. The predicted molar refractivity (Wildman–Crippen MR) is 76.8 cm³/mol. The average molecular weight is 254 g/mol. The molecule has 1 aromatic carbocycles. The number of carbonyl (C=O) groups is 1. The first kappa shape index (κ1) is 13.3. The van der Waals surface area contributed by atoms with E-state index in [4.69, 9.17) is 5.73 Å². The fraction of sp³-hybridized carbons (Fsp3) is 0.250. The lowest BCUT2D eigenvalue weighted by Crippen LogP contribution is -2.14. The van der Waals surface area contributed by atoms with Gasteiger partial charge in [0, 0.05) is 5.56 Å². The number of rotatable bonds is 5. The molecule has 3 nitrogen and oxygen atoms in total. The fourth-order valence-electron chi connectivity index (χ4n) is 2.00. The van der Waals surface area contributed by atoms with E-state index in [-0.39, 0.29) is 0 Å². The van der Waals surface area contributed by atoms with Gasteiger partial charge in [-0.05, 0) is 30.5 Å². The van der Waals surface area contributed by atoms with Gasteiger partial charge in [0.2, 0.25) is 0 Å². The second kappa shape index (κ2) is 6.14. The highest BCUT2D eigenvalue weighted by Gasteiger charge is 2.08. The summed E-state index contributed by atoms with van der Waals surface area (Å²) in [6.45, 7) is 2.15. The summed E-state index contributed by atoms with van der Waals surface area (Å²) < 4.78 is 0. The van der Waals surface area contributed by atoms with Crippen LogP contribution in [0.25, 0.3) is 11.3 Å². The summed E-state index contributed by atoms with van der Waals surface area (Å²) in [5.41, 5.74) is 8.62. The molecule has 0 saturated heterocycles. The quantitative estimate of drug-likeness (QED) is 0.890. The minimum atomic E-state index is -0.476. The molecule has 98 valence electrons. The molecule has 19 heavy (non-hydrogen) atoms. The number of primary amides is 1. The van der Waals surface area contributed by atoms with Crippen LogP contribution in [0, 0.1) is 0 Å². The third kappa shape index (κ3) is 3.41. The summed E-state index contributed by atoms with van der Waals surface area (Å²) in [6, 6.07) is 13.7. The molecule has 1 amide bonds. The Morgan fingerprint density at radius 3 is 2.58 bits per heavy atom. The molecular formula is C16H18N2O. The lowest BCUT2D eigenvalue weighted by atomic mass is 10.0. The van der Waals surface area contributed by atoms with Crippen molar-refractivity contribution < 1.29 is 4.79 Å². The zero-order chi connectivity index (χ0) is 13.7. The van der Waals surface area contributed by atoms with E-state index in [0.29, 0.717) is 5.69 Å². The number of benzene rings is 1. The van der Waals surface area contributed by atoms with Crippen LogP contribution in [0.3, 0.4) is 0 Å². The minimum absolute atomic E-state index is 0.340. The van der Waals surface area contributed by atoms with E-state index in [2.05, 4.69) is 11.9 Å². The highest BCUT2D eigenvalue weighted by molar-refractivity contribution is 5.91. The number of hydrogen-bond acceptors (Lipinski definition) is 2. The molecule has 0 bridgehead atoms. The van der Waals surface area contributed by atoms with Crippen LogP contribution < -0.4 is 5.73 Å². The highest BCUT2D eigenvalue weighted by atomic mass is 16.1. The van der Waals surface area contributed by atoms with E-state index in [1.54, 1.807) is 6.07 Å². The lowest BCUT2D eigenvalue weighted by molar-refractivity contribution is 0.0995. The number of hydrogen-bond donors (Lipinski definition) is 1. The average Bonchev–Trinajstić information content (AvgIpc) is 2.45. The number of carbonyl (C=O) groups excluding carboxylic acids is 1. The van der Waals surface area contributed by atoms with Crippen molar-refractivity contribution in [3.8, 4) is 11.3 Å². The summed E-state index contributed by atoms with van der Waals surface area (Å²) in [6.07, 6.45) is 3.16. The number of amides is 1. The van der Waals surface area contributed by atoms with Crippen molar-refractivity contribution in [1.29, 1.82) is 0 Å². The Bertz CT molecular complexity index is 564. The van der Waals surface area contributed by atoms with Crippen LogP contribution in [0.5, 0.6) is 0 Å². The van der Waals surface area contributed by atoms with Gasteiger partial charge in [-0.15, -0.1) is 0 Å². The topological polar surface area (TPSA) is 56.0 Å². The molecule has 0 saturated carbocycles. The molecule has 0 aliphatic rings. The van der Waals surface area contributed by atoms with Gasteiger partial charge in [0.05, 0.1) is 5.69 Å². The number of aryl methyl sites for hydroxylation is 1. The summed E-state index contributed by atoms with van der Waals surface area (Å²) in [5, 5.41) is 0. The third-order valence-corrected chi connectivity index (χ3v) is 3.03. The molecule has 0 unspecified atom stereocenters. The Hall–Kier alpha value is -2.16. The monoisotopic (exact) mass is 254 g/mol. The van der Waals surface area contributed by atoms with Crippen molar-refractivity contribution in [2.24, 2.45) is 5.73 Å². The normalized spacial score (nSPS) is 10.4. The van der Waals surface area contributed by atoms with Crippen LogP contribution >= 0.6 is 0 Å². The minimum Gasteiger partial charge on any atom is -0.364 e. The summed E-state index contributed by atoms with van der Waals surface area (Å²) in [7, 11) is 0. The van der Waals surface area contributed by atoms with E-state index in [1.807, 2.05) is 36.4 Å². The van der Waals surface area contributed by atoms with E-state index >= 15 is 0 Å². The molecular weight excluding hydrogens is 236 g/mol. The van der Waals surface area contributed by atoms with Crippen LogP contribution in [0.4, 0.5) is 0 Å². The van der Waals surface area contributed by atoms with Crippen molar-refractivity contribution in [2.45, 2.75) is 26.2 Å². The molecule has 0 spiro atoms. The van der Waals surface area contributed by atoms with Gasteiger partial charge in [0.25, 0.3) is 5.91 Å². The van der Waals surface area contributed by atoms with E-state index in [1.165, 1.54) is 0 Å². The molecule has 0 aliphatic heterocycles. The molecule has 0 aliphatic carbocycles. The summed E-state index contributed by atoms with van der Waals surface area (Å²) in [5.74, 6) is -0.476. The van der Waals surface area contributed by atoms with E-state index < -0.39 is 5.91 Å². The highest BCUT2D eigenvalue weighted by Crippen LogP contribution is 2.20. The maximum atomic E-state index is 11.4. The lowest BCUT2D eigenvalue weighted by Gasteiger charge is -2.07. The second-order valence-electron chi connectivity index (χ2n) is 4.58. The maximum Gasteiger partial charge on any atom is 0.267 e. The largest absolute Gasteiger partial charge is 0.364 e. The predicted octanol–water partition coefficient (Wildman–Crippen LogP) is 3.19. The van der Waals surface area contributed by atoms with Gasteiger partial charge in [-0.25, -0.2) is 4.98 Å². The van der Waals surface area contributed by atoms with Crippen LogP contribution in [-0.2, 0) is 6.42 Å². The summed E-state index contributed by atoms with van der Waals surface area (Å²) >= 11 is 0. The second-order valence-corrected chi connectivity index (χ2v) is 4.58. The van der Waals surface area contributed by atoms with Crippen molar-refractivity contribution in [3.05, 3.63) is 53.7 Å². The third-order valence-electron chi connectivity index (χ3n) is 3.03. The number of aromatic nitrogens is 1. The first-order valence-electron chi connectivity index (χ1n) is 6.57.